The maximum absolute atomic E-state index is 12.5. The zero-order valence-electron chi connectivity index (χ0n) is 14.4. The Labute approximate surface area is 150 Å². The molecule has 25 heavy (non-hydrogen) atoms. The summed E-state index contributed by atoms with van der Waals surface area (Å²) < 4.78 is 6.80. The van der Waals surface area contributed by atoms with Crippen LogP contribution in [0, 0.1) is 6.92 Å². The van der Waals surface area contributed by atoms with Crippen molar-refractivity contribution in [1.82, 2.24) is 4.57 Å². The van der Waals surface area contributed by atoms with Crippen LogP contribution in [0.1, 0.15) is 46.9 Å². The molecule has 0 amide bonds. The fourth-order valence-corrected chi connectivity index (χ4v) is 3.91. The molecule has 1 unspecified atom stereocenters. The molecular formula is C19H21NO4S. The normalized spacial score (nSPS) is 14.2. The van der Waals surface area contributed by atoms with Crippen LogP contribution in [0.5, 0.6) is 0 Å². The topological polar surface area (TPSA) is 65.4 Å². The molecule has 0 radical (unpaired) electrons. The minimum Gasteiger partial charge on any atom is -0.454 e. The van der Waals surface area contributed by atoms with Crippen molar-refractivity contribution in [2.45, 2.75) is 52.2 Å². The molecule has 2 aromatic rings. The molecule has 0 fully saturated rings. The molecular weight excluding hydrogens is 338 g/mol. The van der Waals surface area contributed by atoms with Crippen LogP contribution < -0.4 is 4.87 Å². The molecule has 1 aliphatic rings. The average Bonchev–Trinajstić information content (AvgIpc) is 3.18. The Morgan fingerprint density at radius 1 is 1.28 bits per heavy atom. The van der Waals surface area contributed by atoms with E-state index >= 15 is 0 Å². The van der Waals surface area contributed by atoms with Gasteiger partial charge in [0.2, 0.25) is 5.78 Å². The quantitative estimate of drug-likeness (QED) is 0.588. The van der Waals surface area contributed by atoms with Gasteiger partial charge in [0.05, 0.1) is 6.42 Å². The van der Waals surface area contributed by atoms with E-state index in [0.717, 1.165) is 36.3 Å². The fraction of sp³-hybridized carbons (Fsp3) is 0.421. The molecule has 0 saturated carbocycles. The van der Waals surface area contributed by atoms with Gasteiger partial charge in [0.15, 0.2) is 6.10 Å². The van der Waals surface area contributed by atoms with Crippen LogP contribution >= 0.6 is 11.3 Å². The van der Waals surface area contributed by atoms with Crippen molar-refractivity contribution in [2.75, 3.05) is 0 Å². The highest BCUT2D eigenvalue weighted by Gasteiger charge is 2.21. The molecule has 1 aromatic heterocycles. The third-order valence-corrected chi connectivity index (χ3v) is 5.46. The second kappa shape index (κ2) is 7.35. The van der Waals surface area contributed by atoms with Crippen molar-refractivity contribution in [3.05, 3.63) is 55.6 Å². The number of Topliss-reactive ketones (excluding diaryl/α,β-unsaturated/α-hetero) is 1. The van der Waals surface area contributed by atoms with Gasteiger partial charge in [-0.1, -0.05) is 23.5 Å². The number of benzene rings is 1. The minimum absolute atomic E-state index is 0.0687. The van der Waals surface area contributed by atoms with Crippen LogP contribution in [0.2, 0.25) is 0 Å². The highest BCUT2D eigenvalue weighted by atomic mass is 32.1. The van der Waals surface area contributed by atoms with Gasteiger partial charge in [0.25, 0.3) is 0 Å². The Bertz CT molecular complexity index is 865. The summed E-state index contributed by atoms with van der Waals surface area (Å²) in [6.45, 7) is 3.69. The van der Waals surface area contributed by atoms with Crippen LogP contribution in [-0.2, 0) is 28.9 Å². The molecule has 1 heterocycles. The van der Waals surface area contributed by atoms with Gasteiger partial charge in [-0.05, 0) is 50.3 Å². The number of carbonyl (C=O) groups excluding carboxylic acids is 2. The summed E-state index contributed by atoms with van der Waals surface area (Å²) >= 11 is 1.11. The van der Waals surface area contributed by atoms with E-state index in [2.05, 4.69) is 0 Å². The highest BCUT2D eigenvalue weighted by molar-refractivity contribution is 7.07. The molecule has 0 saturated heterocycles. The maximum atomic E-state index is 12.5. The standard InChI is InChI=1S/C19H21NO4S/c1-12-11-25-19(23)20(12)9-8-17(21)24-13(2)18(22)16-7-6-14-4-3-5-15(14)10-16/h6-7,10-11,13H,3-5,8-9H2,1-2H3. The van der Waals surface area contributed by atoms with E-state index in [1.807, 2.05) is 25.1 Å². The van der Waals surface area contributed by atoms with E-state index in [9.17, 15) is 14.4 Å². The summed E-state index contributed by atoms with van der Waals surface area (Å²) in [7, 11) is 0. The number of thiazole rings is 1. The lowest BCUT2D eigenvalue weighted by Crippen LogP contribution is -2.26. The molecule has 0 bridgehead atoms. The predicted octanol–water partition coefficient (Wildman–Crippen LogP) is 2.91. The summed E-state index contributed by atoms with van der Waals surface area (Å²) in [5.74, 6) is -0.661. The third kappa shape index (κ3) is 3.90. The second-order valence-electron chi connectivity index (χ2n) is 6.38. The first-order chi connectivity index (χ1) is 12.0. The van der Waals surface area contributed by atoms with Crippen molar-refractivity contribution in [3.63, 3.8) is 0 Å². The number of esters is 1. The molecule has 0 aliphatic heterocycles. The van der Waals surface area contributed by atoms with Crippen LogP contribution in [-0.4, -0.2) is 22.4 Å². The van der Waals surface area contributed by atoms with Gasteiger partial charge < -0.3 is 9.30 Å². The molecule has 132 valence electrons. The number of hydrogen-bond acceptors (Lipinski definition) is 5. The largest absolute Gasteiger partial charge is 0.454 e. The number of ether oxygens (including phenoxy) is 1. The Morgan fingerprint density at radius 2 is 2.04 bits per heavy atom. The number of aromatic nitrogens is 1. The van der Waals surface area contributed by atoms with Crippen molar-refractivity contribution in [3.8, 4) is 0 Å². The number of rotatable bonds is 6. The minimum atomic E-state index is -0.827. The maximum Gasteiger partial charge on any atom is 0.308 e. The predicted molar refractivity (Wildman–Crippen MR) is 96.3 cm³/mol. The van der Waals surface area contributed by atoms with Gasteiger partial charge in [0.1, 0.15) is 0 Å². The average molecular weight is 359 g/mol. The summed E-state index contributed by atoms with van der Waals surface area (Å²) in [5.41, 5.74) is 3.94. The first kappa shape index (κ1) is 17.6. The third-order valence-electron chi connectivity index (χ3n) is 4.58. The van der Waals surface area contributed by atoms with Crippen LogP contribution in [0.25, 0.3) is 0 Å². The summed E-state index contributed by atoms with van der Waals surface area (Å²) in [5, 5.41) is 1.76. The fourth-order valence-electron chi connectivity index (χ4n) is 3.15. The van der Waals surface area contributed by atoms with Crippen molar-refractivity contribution in [1.29, 1.82) is 0 Å². The summed E-state index contributed by atoms with van der Waals surface area (Å²) in [6, 6.07) is 5.73. The van der Waals surface area contributed by atoms with E-state index < -0.39 is 12.1 Å². The highest BCUT2D eigenvalue weighted by Crippen LogP contribution is 2.23. The van der Waals surface area contributed by atoms with E-state index in [1.165, 1.54) is 11.1 Å². The Hall–Kier alpha value is -2.21. The SMILES string of the molecule is Cc1csc(=O)n1CCC(=O)OC(C)C(=O)c1ccc2c(c1)CCC2. The lowest BCUT2D eigenvalue weighted by molar-refractivity contribution is -0.146. The van der Waals surface area contributed by atoms with E-state index in [1.54, 1.807) is 16.9 Å². The van der Waals surface area contributed by atoms with Gasteiger partial charge in [-0.2, -0.15) is 0 Å². The van der Waals surface area contributed by atoms with Crippen molar-refractivity contribution >= 4 is 23.1 Å². The van der Waals surface area contributed by atoms with E-state index in [4.69, 9.17) is 4.74 Å². The monoisotopic (exact) mass is 359 g/mol. The van der Waals surface area contributed by atoms with Gasteiger partial charge in [-0.25, -0.2) is 0 Å². The lowest BCUT2D eigenvalue weighted by atomic mass is 10.0. The zero-order chi connectivity index (χ0) is 18.0. The number of hydrogen-bond donors (Lipinski definition) is 0. The van der Waals surface area contributed by atoms with Gasteiger partial charge >= 0.3 is 10.8 Å². The first-order valence-corrected chi connectivity index (χ1v) is 9.34. The van der Waals surface area contributed by atoms with Crippen molar-refractivity contribution in [2.24, 2.45) is 0 Å². The Kier molecular flexibility index (Phi) is 5.18. The van der Waals surface area contributed by atoms with Crippen LogP contribution in [0.4, 0.5) is 0 Å². The zero-order valence-corrected chi connectivity index (χ0v) is 15.2. The number of ketones is 1. The molecule has 0 spiro atoms. The summed E-state index contributed by atoms with van der Waals surface area (Å²) in [4.78, 5) is 36.0. The van der Waals surface area contributed by atoms with Gasteiger partial charge in [0, 0.05) is 23.2 Å². The number of fused-ring (bicyclic) bond motifs is 1. The second-order valence-corrected chi connectivity index (χ2v) is 7.20. The Morgan fingerprint density at radius 3 is 2.76 bits per heavy atom. The molecule has 3 rings (SSSR count). The van der Waals surface area contributed by atoms with E-state index in [0.29, 0.717) is 5.56 Å². The summed E-state index contributed by atoms with van der Waals surface area (Å²) in [6.07, 6.45) is 2.43. The molecule has 0 N–H and O–H groups in total. The Balaban J connectivity index is 1.57. The molecule has 1 aliphatic carbocycles. The van der Waals surface area contributed by atoms with Crippen LogP contribution in [0.15, 0.2) is 28.4 Å². The van der Waals surface area contributed by atoms with Crippen LogP contribution in [0.3, 0.4) is 0 Å². The van der Waals surface area contributed by atoms with E-state index in [-0.39, 0.29) is 23.6 Å². The first-order valence-electron chi connectivity index (χ1n) is 8.46. The number of aryl methyl sites for hydroxylation is 3. The number of nitrogens with zero attached hydrogens (tertiary/aromatic N) is 1. The number of carbonyl (C=O) groups is 2. The van der Waals surface area contributed by atoms with Gasteiger partial charge in [-0.3, -0.25) is 14.4 Å². The molecule has 6 heteroatoms. The smallest absolute Gasteiger partial charge is 0.308 e. The molecule has 5 nitrogen and oxygen atoms in total. The van der Waals surface area contributed by atoms with Crippen molar-refractivity contribution < 1.29 is 14.3 Å². The molecule has 1 atom stereocenters. The van der Waals surface area contributed by atoms with Gasteiger partial charge in [-0.15, -0.1) is 0 Å². The molecule has 1 aromatic carbocycles. The lowest BCUT2D eigenvalue weighted by Gasteiger charge is -2.13.